The predicted octanol–water partition coefficient (Wildman–Crippen LogP) is 3.25. The van der Waals surface area contributed by atoms with Gasteiger partial charge in [0.25, 0.3) is 5.91 Å². The molecule has 0 spiro atoms. The molecule has 0 atom stereocenters. The van der Waals surface area contributed by atoms with E-state index in [0.717, 1.165) is 24.0 Å². The number of hydrogen-bond donors (Lipinski definition) is 2. The number of rotatable bonds is 6. The number of nitrogens with one attached hydrogen (secondary N) is 2. The van der Waals surface area contributed by atoms with E-state index in [0.29, 0.717) is 17.1 Å². The summed E-state index contributed by atoms with van der Waals surface area (Å²) in [6, 6.07) is 5.13. The fourth-order valence-corrected chi connectivity index (χ4v) is 1.80. The van der Waals surface area contributed by atoms with Crippen LogP contribution in [0.1, 0.15) is 23.7 Å². The molecule has 1 aromatic carbocycles. The van der Waals surface area contributed by atoms with Crippen LogP contribution in [0.3, 0.4) is 0 Å². The van der Waals surface area contributed by atoms with E-state index >= 15 is 0 Å². The molecule has 0 heterocycles. The maximum absolute atomic E-state index is 11.7. The van der Waals surface area contributed by atoms with Crippen LogP contribution in [0.5, 0.6) is 0 Å². The zero-order valence-electron chi connectivity index (χ0n) is 10.1. The Balaban J connectivity index is 0.00000289. The highest BCUT2D eigenvalue weighted by molar-refractivity contribution is 9.10. The van der Waals surface area contributed by atoms with Gasteiger partial charge in [0.1, 0.15) is 0 Å². The van der Waals surface area contributed by atoms with Crippen molar-refractivity contribution in [3.8, 4) is 0 Å². The first-order chi connectivity index (χ1) is 8.15. The Morgan fingerprint density at radius 3 is 2.67 bits per heavy atom. The molecule has 0 fully saturated rings. The van der Waals surface area contributed by atoms with E-state index in [4.69, 9.17) is 11.6 Å². The van der Waals surface area contributed by atoms with E-state index in [1.807, 2.05) is 0 Å². The van der Waals surface area contributed by atoms with Crippen LogP contribution in [0.4, 0.5) is 0 Å². The third-order valence-corrected chi connectivity index (χ3v) is 3.41. The van der Waals surface area contributed by atoms with Gasteiger partial charge in [0.05, 0.1) is 5.02 Å². The Hall–Kier alpha value is -0.290. The minimum absolute atomic E-state index is 0. The van der Waals surface area contributed by atoms with Crippen LogP contribution in [0, 0.1) is 0 Å². The van der Waals surface area contributed by atoms with Gasteiger partial charge in [-0.1, -0.05) is 18.5 Å². The monoisotopic (exact) mass is 354 g/mol. The van der Waals surface area contributed by atoms with Crippen LogP contribution < -0.4 is 10.6 Å². The van der Waals surface area contributed by atoms with Gasteiger partial charge in [0, 0.05) is 23.1 Å². The maximum Gasteiger partial charge on any atom is 0.251 e. The molecule has 0 aromatic heterocycles. The second-order valence-electron chi connectivity index (χ2n) is 3.63. The van der Waals surface area contributed by atoms with Gasteiger partial charge >= 0.3 is 0 Å². The lowest BCUT2D eigenvalue weighted by atomic mass is 10.2. The van der Waals surface area contributed by atoms with E-state index in [1.54, 1.807) is 18.2 Å². The van der Waals surface area contributed by atoms with Crippen molar-refractivity contribution < 1.29 is 4.79 Å². The van der Waals surface area contributed by atoms with Gasteiger partial charge in [-0.3, -0.25) is 4.79 Å². The molecule has 0 aliphatic carbocycles. The van der Waals surface area contributed by atoms with E-state index in [-0.39, 0.29) is 18.3 Å². The molecule has 2 N–H and O–H groups in total. The van der Waals surface area contributed by atoms with E-state index in [1.165, 1.54) is 0 Å². The Morgan fingerprint density at radius 1 is 1.33 bits per heavy atom. The number of halogens is 3. The molecule has 3 nitrogen and oxygen atoms in total. The summed E-state index contributed by atoms with van der Waals surface area (Å²) in [5.41, 5.74) is 0.608. The average molecular weight is 356 g/mol. The third-order valence-electron chi connectivity index (χ3n) is 2.20. The molecule has 0 saturated heterocycles. The first kappa shape index (κ1) is 17.7. The molecule has 0 radical (unpaired) electrons. The third kappa shape index (κ3) is 6.05. The SMILES string of the molecule is CCCNCCNC(=O)c1ccc(Cl)c(Br)c1.Cl. The normalized spacial score (nSPS) is 9.72. The number of carbonyl (C=O) groups excluding carboxylic acids is 1. The summed E-state index contributed by atoms with van der Waals surface area (Å²) < 4.78 is 0.732. The van der Waals surface area contributed by atoms with E-state index in [2.05, 4.69) is 33.5 Å². The molecule has 0 unspecified atom stereocenters. The van der Waals surface area contributed by atoms with Crippen LogP contribution in [-0.4, -0.2) is 25.5 Å². The topological polar surface area (TPSA) is 41.1 Å². The number of carbonyl (C=O) groups is 1. The van der Waals surface area contributed by atoms with Crippen LogP contribution in [-0.2, 0) is 0 Å². The smallest absolute Gasteiger partial charge is 0.251 e. The molecule has 1 rings (SSSR count). The Kier molecular flexibility index (Phi) is 9.46. The van der Waals surface area contributed by atoms with E-state index < -0.39 is 0 Å². The summed E-state index contributed by atoms with van der Waals surface area (Å²) in [7, 11) is 0. The lowest BCUT2D eigenvalue weighted by Crippen LogP contribution is -2.32. The first-order valence-electron chi connectivity index (χ1n) is 5.59. The molecule has 0 bridgehead atoms. The van der Waals surface area contributed by atoms with Crippen LogP contribution in [0.15, 0.2) is 22.7 Å². The molecule has 6 heteroatoms. The maximum atomic E-state index is 11.7. The molecule has 0 aliphatic rings. The lowest BCUT2D eigenvalue weighted by Gasteiger charge is -2.06. The predicted molar refractivity (Wildman–Crippen MR) is 81.9 cm³/mol. The minimum Gasteiger partial charge on any atom is -0.351 e. The first-order valence-corrected chi connectivity index (χ1v) is 6.76. The van der Waals surface area contributed by atoms with Gasteiger partial charge < -0.3 is 10.6 Å². The molecular formula is C12H17BrCl2N2O. The molecule has 0 aliphatic heterocycles. The number of benzene rings is 1. The molecule has 1 amide bonds. The van der Waals surface area contributed by atoms with Crippen molar-refractivity contribution >= 4 is 45.8 Å². The Labute approximate surface area is 127 Å². The van der Waals surface area contributed by atoms with Gasteiger partial charge in [-0.25, -0.2) is 0 Å². The zero-order valence-corrected chi connectivity index (χ0v) is 13.3. The Morgan fingerprint density at radius 2 is 2.06 bits per heavy atom. The molecule has 18 heavy (non-hydrogen) atoms. The van der Waals surface area contributed by atoms with Crippen molar-refractivity contribution in [1.82, 2.24) is 10.6 Å². The van der Waals surface area contributed by atoms with Gasteiger partial charge in [0.15, 0.2) is 0 Å². The summed E-state index contributed by atoms with van der Waals surface area (Å²) in [5.74, 6) is -0.0827. The van der Waals surface area contributed by atoms with Gasteiger partial charge in [0.2, 0.25) is 0 Å². The largest absolute Gasteiger partial charge is 0.351 e. The van der Waals surface area contributed by atoms with Crippen molar-refractivity contribution in [2.75, 3.05) is 19.6 Å². The van der Waals surface area contributed by atoms with Crippen LogP contribution in [0.25, 0.3) is 0 Å². The second kappa shape index (κ2) is 9.62. The van der Waals surface area contributed by atoms with Gasteiger partial charge in [-0.05, 0) is 47.1 Å². The van der Waals surface area contributed by atoms with Crippen LogP contribution >= 0.6 is 39.9 Å². The Bertz CT molecular complexity index is 388. The summed E-state index contributed by atoms with van der Waals surface area (Å²) in [6.45, 7) is 4.49. The molecule has 0 saturated carbocycles. The zero-order chi connectivity index (χ0) is 12.7. The van der Waals surface area contributed by atoms with Crippen molar-refractivity contribution in [3.63, 3.8) is 0 Å². The van der Waals surface area contributed by atoms with E-state index in [9.17, 15) is 4.79 Å². The summed E-state index contributed by atoms with van der Waals surface area (Å²) in [5, 5.41) is 6.66. The van der Waals surface area contributed by atoms with Crippen molar-refractivity contribution in [3.05, 3.63) is 33.3 Å². The van der Waals surface area contributed by atoms with Gasteiger partial charge in [-0.2, -0.15) is 0 Å². The van der Waals surface area contributed by atoms with Crippen LogP contribution in [0.2, 0.25) is 5.02 Å². The van der Waals surface area contributed by atoms with Crippen molar-refractivity contribution in [2.24, 2.45) is 0 Å². The summed E-state index contributed by atoms with van der Waals surface area (Å²) >= 11 is 9.15. The minimum atomic E-state index is -0.0827. The number of hydrogen-bond acceptors (Lipinski definition) is 2. The fourth-order valence-electron chi connectivity index (χ4n) is 1.31. The summed E-state index contributed by atoms with van der Waals surface area (Å²) in [6.07, 6.45) is 1.10. The molecular weight excluding hydrogens is 339 g/mol. The highest BCUT2D eigenvalue weighted by atomic mass is 79.9. The van der Waals surface area contributed by atoms with Crippen molar-refractivity contribution in [2.45, 2.75) is 13.3 Å². The van der Waals surface area contributed by atoms with Crippen molar-refractivity contribution in [1.29, 1.82) is 0 Å². The summed E-state index contributed by atoms with van der Waals surface area (Å²) in [4.78, 5) is 11.7. The standard InChI is InChI=1S/C12H16BrClN2O.ClH/c1-2-5-15-6-7-16-12(17)9-3-4-11(14)10(13)8-9;/h3-4,8,15H,2,5-7H2,1H3,(H,16,17);1H. The fraction of sp³-hybridized carbons (Fsp3) is 0.417. The van der Waals surface area contributed by atoms with Gasteiger partial charge in [-0.15, -0.1) is 12.4 Å². The molecule has 102 valence electrons. The number of amides is 1. The molecule has 1 aromatic rings. The highest BCUT2D eigenvalue weighted by Gasteiger charge is 2.06. The second-order valence-corrected chi connectivity index (χ2v) is 4.90. The highest BCUT2D eigenvalue weighted by Crippen LogP contribution is 2.22. The average Bonchev–Trinajstić information content (AvgIpc) is 2.32. The quantitative estimate of drug-likeness (QED) is 0.769. The lowest BCUT2D eigenvalue weighted by molar-refractivity contribution is 0.0954.